The molecule has 1 unspecified atom stereocenters. The van der Waals surface area contributed by atoms with Gasteiger partial charge in [-0.05, 0) is 6.42 Å². The Morgan fingerprint density at radius 1 is 1.46 bits per heavy atom. The van der Waals surface area contributed by atoms with E-state index in [9.17, 15) is 4.79 Å². The number of nitrogens with one attached hydrogen (secondary N) is 2. The Hall–Kier alpha value is -2.19. The molecule has 8 heteroatoms. The molecule has 2 aromatic rings. The van der Waals surface area contributed by atoms with E-state index in [0.717, 1.165) is 44.2 Å². The number of anilines is 1. The summed E-state index contributed by atoms with van der Waals surface area (Å²) in [5, 5.41) is 10.6. The number of nitrogens with zero attached hydrogens (tertiary/aromatic N) is 5. The molecule has 3 heterocycles. The van der Waals surface area contributed by atoms with Crippen molar-refractivity contribution in [3.63, 3.8) is 0 Å². The van der Waals surface area contributed by atoms with Gasteiger partial charge in [0.15, 0.2) is 0 Å². The van der Waals surface area contributed by atoms with Gasteiger partial charge < -0.3 is 15.2 Å². The first kappa shape index (κ1) is 16.7. The van der Waals surface area contributed by atoms with Crippen molar-refractivity contribution >= 4 is 11.7 Å². The van der Waals surface area contributed by atoms with Gasteiger partial charge >= 0.3 is 0 Å². The Labute approximate surface area is 141 Å². The summed E-state index contributed by atoms with van der Waals surface area (Å²) >= 11 is 0. The molecule has 1 atom stereocenters. The molecule has 2 N–H and O–H groups in total. The van der Waals surface area contributed by atoms with Gasteiger partial charge in [-0.15, -0.1) is 0 Å². The third kappa shape index (κ3) is 3.65. The molecule has 8 nitrogen and oxygen atoms in total. The second-order valence-electron chi connectivity index (χ2n) is 6.07. The Morgan fingerprint density at radius 3 is 3.08 bits per heavy atom. The average molecular weight is 331 g/mol. The van der Waals surface area contributed by atoms with Gasteiger partial charge in [-0.3, -0.25) is 9.69 Å². The number of hydrogen-bond donors (Lipinski definition) is 2. The molecule has 0 aliphatic carbocycles. The van der Waals surface area contributed by atoms with Crippen LogP contribution in [-0.4, -0.2) is 56.3 Å². The summed E-state index contributed by atoms with van der Waals surface area (Å²) in [6.07, 6.45) is 6.42. The van der Waals surface area contributed by atoms with Gasteiger partial charge in [0.25, 0.3) is 0 Å². The highest BCUT2D eigenvalue weighted by Crippen LogP contribution is 2.20. The van der Waals surface area contributed by atoms with Crippen LogP contribution in [0.2, 0.25) is 0 Å². The van der Waals surface area contributed by atoms with E-state index in [0.29, 0.717) is 6.54 Å². The standard InChI is InChI=1S/C16H25N7O/c1-3-8-23-14(4-5-19-23)20-15(24)12-22-10-6-17-11-13(22)16-18-7-9-21(16)2/h4-5,7,9,13,17H,3,6,8,10-12H2,1-2H3,(H,20,24). The van der Waals surface area contributed by atoms with Gasteiger partial charge in [-0.25, -0.2) is 9.67 Å². The van der Waals surface area contributed by atoms with E-state index in [4.69, 9.17) is 0 Å². The molecule has 0 aromatic carbocycles. The summed E-state index contributed by atoms with van der Waals surface area (Å²) in [7, 11) is 1.98. The zero-order chi connectivity index (χ0) is 16.9. The summed E-state index contributed by atoms with van der Waals surface area (Å²) in [4.78, 5) is 19.1. The molecule has 2 aromatic heterocycles. The van der Waals surface area contributed by atoms with Crippen molar-refractivity contribution in [2.24, 2.45) is 7.05 Å². The number of aromatic nitrogens is 4. The largest absolute Gasteiger partial charge is 0.337 e. The minimum absolute atomic E-state index is 0.0195. The summed E-state index contributed by atoms with van der Waals surface area (Å²) in [6, 6.07) is 1.94. The van der Waals surface area contributed by atoms with Crippen molar-refractivity contribution in [2.45, 2.75) is 25.9 Å². The second-order valence-corrected chi connectivity index (χ2v) is 6.07. The number of carbonyl (C=O) groups is 1. The van der Waals surface area contributed by atoms with Crippen molar-refractivity contribution in [1.82, 2.24) is 29.5 Å². The number of piperazine rings is 1. The third-order valence-electron chi connectivity index (χ3n) is 4.28. The van der Waals surface area contributed by atoms with Crippen LogP contribution in [0.5, 0.6) is 0 Å². The van der Waals surface area contributed by atoms with Crippen LogP contribution in [-0.2, 0) is 18.4 Å². The maximum Gasteiger partial charge on any atom is 0.239 e. The number of amides is 1. The molecule has 0 radical (unpaired) electrons. The van der Waals surface area contributed by atoms with E-state index in [2.05, 4.69) is 32.5 Å². The van der Waals surface area contributed by atoms with Crippen molar-refractivity contribution in [3.05, 3.63) is 30.5 Å². The summed E-state index contributed by atoms with van der Waals surface area (Å²) in [5.74, 6) is 1.71. The number of rotatable bonds is 6. The average Bonchev–Trinajstić information content (AvgIpc) is 3.18. The fraction of sp³-hybridized carbons (Fsp3) is 0.562. The van der Waals surface area contributed by atoms with E-state index >= 15 is 0 Å². The maximum absolute atomic E-state index is 12.5. The first-order valence-electron chi connectivity index (χ1n) is 8.42. The molecule has 3 rings (SSSR count). The fourth-order valence-electron chi connectivity index (χ4n) is 3.08. The predicted molar refractivity (Wildman–Crippen MR) is 91.5 cm³/mol. The van der Waals surface area contributed by atoms with Crippen molar-refractivity contribution in [1.29, 1.82) is 0 Å². The lowest BCUT2D eigenvalue weighted by molar-refractivity contribution is -0.118. The Bertz CT molecular complexity index is 678. The first-order chi connectivity index (χ1) is 11.7. The van der Waals surface area contributed by atoms with Gasteiger partial charge in [-0.1, -0.05) is 6.92 Å². The summed E-state index contributed by atoms with van der Waals surface area (Å²) in [6.45, 7) is 5.72. The Kier molecular flexibility index (Phi) is 5.27. The van der Waals surface area contributed by atoms with Crippen LogP contribution in [0, 0.1) is 0 Å². The molecule has 1 fully saturated rings. The van der Waals surface area contributed by atoms with Crippen molar-refractivity contribution in [2.75, 3.05) is 31.5 Å². The highest BCUT2D eigenvalue weighted by atomic mass is 16.2. The zero-order valence-corrected chi connectivity index (χ0v) is 14.3. The van der Waals surface area contributed by atoms with E-state index in [1.807, 2.05) is 28.6 Å². The van der Waals surface area contributed by atoms with Crippen molar-refractivity contribution in [3.8, 4) is 0 Å². The van der Waals surface area contributed by atoms with Crippen LogP contribution >= 0.6 is 0 Å². The molecule has 0 spiro atoms. The molecule has 1 aliphatic rings. The first-order valence-corrected chi connectivity index (χ1v) is 8.42. The van der Waals surface area contributed by atoms with Crippen LogP contribution in [0.15, 0.2) is 24.7 Å². The van der Waals surface area contributed by atoms with Gasteiger partial charge in [0.1, 0.15) is 11.6 Å². The lowest BCUT2D eigenvalue weighted by atomic mass is 10.1. The van der Waals surface area contributed by atoms with Crippen molar-refractivity contribution < 1.29 is 4.79 Å². The lowest BCUT2D eigenvalue weighted by Crippen LogP contribution is -2.49. The molecule has 130 valence electrons. The summed E-state index contributed by atoms with van der Waals surface area (Å²) < 4.78 is 3.84. The molecule has 1 saturated heterocycles. The highest BCUT2D eigenvalue weighted by molar-refractivity contribution is 5.91. The number of aryl methyl sites for hydroxylation is 2. The van der Waals surface area contributed by atoms with Gasteiger partial charge in [0, 0.05) is 51.7 Å². The van der Waals surface area contributed by atoms with E-state index in [1.54, 1.807) is 12.4 Å². The molecule has 0 saturated carbocycles. The summed E-state index contributed by atoms with van der Waals surface area (Å²) in [5.41, 5.74) is 0. The number of hydrogen-bond acceptors (Lipinski definition) is 5. The van der Waals surface area contributed by atoms with E-state index in [-0.39, 0.29) is 11.9 Å². The Morgan fingerprint density at radius 2 is 2.33 bits per heavy atom. The third-order valence-corrected chi connectivity index (χ3v) is 4.28. The van der Waals surface area contributed by atoms with Crippen LogP contribution in [0.1, 0.15) is 25.2 Å². The predicted octanol–water partition coefficient (Wildman–Crippen LogP) is 0.612. The Balaban J connectivity index is 1.65. The van der Waals surface area contributed by atoms with Gasteiger partial charge in [-0.2, -0.15) is 5.10 Å². The second kappa shape index (κ2) is 7.59. The molecule has 1 amide bonds. The van der Waals surface area contributed by atoms with E-state index in [1.165, 1.54) is 0 Å². The highest BCUT2D eigenvalue weighted by Gasteiger charge is 2.28. The normalized spacial score (nSPS) is 18.7. The fourth-order valence-corrected chi connectivity index (χ4v) is 3.08. The monoisotopic (exact) mass is 331 g/mol. The smallest absolute Gasteiger partial charge is 0.239 e. The van der Waals surface area contributed by atoms with E-state index < -0.39 is 0 Å². The topological polar surface area (TPSA) is 80.0 Å². The zero-order valence-electron chi connectivity index (χ0n) is 14.3. The molecular formula is C16H25N7O. The maximum atomic E-state index is 12.5. The lowest BCUT2D eigenvalue weighted by Gasteiger charge is -2.35. The van der Waals surface area contributed by atoms with Crippen LogP contribution in [0.4, 0.5) is 5.82 Å². The quantitative estimate of drug-likeness (QED) is 0.811. The van der Waals surface area contributed by atoms with Gasteiger partial charge in [0.2, 0.25) is 5.91 Å². The minimum atomic E-state index is -0.0195. The van der Waals surface area contributed by atoms with Crippen LogP contribution in [0.3, 0.4) is 0 Å². The van der Waals surface area contributed by atoms with Crippen LogP contribution in [0.25, 0.3) is 0 Å². The molecular weight excluding hydrogens is 306 g/mol. The van der Waals surface area contributed by atoms with Crippen LogP contribution < -0.4 is 10.6 Å². The molecule has 0 bridgehead atoms. The molecule has 24 heavy (non-hydrogen) atoms. The minimum Gasteiger partial charge on any atom is -0.337 e. The number of carbonyl (C=O) groups excluding carboxylic acids is 1. The number of imidazole rings is 1. The molecule has 1 aliphatic heterocycles. The SMILES string of the molecule is CCCn1nccc1NC(=O)CN1CCNCC1c1nccn1C. The van der Waals surface area contributed by atoms with Gasteiger partial charge in [0.05, 0.1) is 18.8 Å².